The largest absolute Gasteiger partial charge is 0.310 e. The van der Waals surface area contributed by atoms with E-state index in [9.17, 15) is 0 Å². The molecular formula is C49H28N2S4. The minimum Gasteiger partial charge on any atom is -0.310 e. The van der Waals surface area contributed by atoms with Gasteiger partial charge in [0.05, 0.1) is 10.2 Å². The van der Waals surface area contributed by atoms with Gasteiger partial charge in [0.25, 0.3) is 0 Å². The zero-order valence-corrected chi connectivity index (χ0v) is 32.5. The van der Waals surface area contributed by atoms with Crippen LogP contribution in [0.1, 0.15) is 0 Å². The number of fused-ring (bicyclic) bond motifs is 11. The molecular weight excluding hydrogens is 745 g/mol. The fourth-order valence-corrected chi connectivity index (χ4v) is 12.3. The first-order valence-corrected chi connectivity index (χ1v) is 21.5. The summed E-state index contributed by atoms with van der Waals surface area (Å²) in [7, 11) is 0. The van der Waals surface area contributed by atoms with Crippen LogP contribution in [0.5, 0.6) is 0 Å². The Morgan fingerprint density at radius 1 is 0.327 bits per heavy atom. The maximum absolute atomic E-state index is 5.21. The molecule has 0 atom stereocenters. The Balaban J connectivity index is 0.989. The first-order chi connectivity index (χ1) is 27.2. The van der Waals surface area contributed by atoms with Crippen LogP contribution in [0.2, 0.25) is 0 Å². The Bertz CT molecular complexity index is 3330. The first kappa shape index (κ1) is 31.5. The summed E-state index contributed by atoms with van der Waals surface area (Å²) in [5.41, 5.74) is 8.09. The van der Waals surface area contributed by atoms with Crippen molar-refractivity contribution in [3.8, 4) is 21.7 Å². The molecule has 0 saturated carbocycles. The fourth-order valence-electron chi connectivity index (χ4n) is 8.09. The summed E-state index contributed by atoms with van der Waals surface area (Å²) < 4.78 is 9.04. The Kier molecular flexibility index (Phi) is 7.04. The Hall–Kier alpha value is -5.89. The summed E-state index contributed by atoms with van der Waals surface area (Å²) in [5, 5.41) is 8.80. The lowest BCUT2D eigenvalue weighted by molar-refractivity contribution is 1.30. The van der Waals surface area contributed by atoms with Crippen LogP contribution in [0.4, 0.5) is 17.1 Å². The average molecular weight is 773 g/mol. The highest BCUT2D eigenvalue weighted by Crippen LogP contribution is 2.45. The standard InChI is InChI=1S/C49H28N2S4/c1-2-8-30(9-3-1)49-50-48-46(55-49)25-24-45-47(48)39-26-31(16-21-44(39)54-45)29-14-17-32(18-15-29)51(33-19-22-42-37(27-33)35-10-4-6-12-40(35)52-42)34-20-23-43-38(28-34)36-11-5-7-13-41(36)53-43/h1-28H. The van der Waals surface area contributed by atoms with Gasteiger partial charge in [-0.15, -0.1) is 45.3 Å². The molecule has 0 amide bonds. The molecule has 4 heterocycles. The van der Waals surface area contributed by atoms with Crippen molar-refractivity contribution in [3.63, 3.8) is 0 Å². The third-order valence-corrected chi connectivity index (χ3v) is 15.2. The van der Waals surface area contributed by atoms with E-state index in [2.05, 4.69) is 175 Å². The molecule has 0 aliphatic rings. The lowest BCUT2D eigenvalue weighted by Crippen LogP contribution is -2.09. The van der Waals surface area contributed by atoms with Gasteiger partial charge in [0, 0.05) is 83.1 Å². The molecule has 4 aromatic heterocycles. The van der Waals surface area contributed by atoms with E-state index in [1.54, 1.807) is 11.3 Å². The molecule has 2 nitrogen and oxygen atoms in total. The highest BCUT2D eigenvalue weighted by atomic mass is 32.1. The van der Waals surface area contributed by atoms with Crippen LogP contribution in [-0.2, 0) is 0 Å². The first-order valence-electron chi connectivity index (χ1n) is 18.3. The van der Waals surface area contributed by atoms with Crippen molar-refractivity contribution in [2.24, 2.45) is 0 Å². The smallest absolute Gasteiger partial charge is 0.124 e. The molecule has 0 N–H and O–H groups in total. The zero-order valence-electron chi connectivity index (χ0n) is 29.2. The number of aromatic nitrogens is 1. The van der Waals surface area contributed by atoms with Gasteiger partial charge in [-0.3, -0.25) is 0 Å². The molecule has 8 aromatic carbocycles. The van der Waals surface area contributed by atoms with E-state index >= 15 is 0 Å². The van der Waals surface area contributed by atoms with E-state index in [0.717, 1.165) is 27.6 Å². The van der Waals surface area contributed by atoms with Gasteiger partial charge in [-0.05, 0) is 96.1 Å². The Morgan fingerprint density at radius 2 is 0.836 bits per heavy atom. The van der Waals surface area contributed by atoms with E-state index < -0.39 is 0 Å². The van der Waals surface area contributed by atoms with Crippen molar-refractivity contribution in [1.82, 2.24) is 4.98 Å². The molecule has 0 fully saturated rings. The number of thiazole rings is 1. The zero-order chi connectivity index (χ0) is 36.0. The van der Waals surface area contributed by atoms with Crippen LogP contribution in [0, 0.1) is 0 Å². The van der Waals surface area contributed by atoms with E-state index in [1.807, 2.05) is 34.0 Å². The van der Waals surface area contributed by atoms with Gasteiger partial charge in [0.1, 0.15) is 5.01 Å². The van der Waals surface area contributed by atoms with Crippen molar-refractivity contribution in [2.45, 2.75) is 0 Å². The lowest BCUT2D eigenvalue weighted by atomic mass is 10.0. The average Bonchev–Trinajstić information content (AvgIpc) is 4.02. The molecule has 0 unspecified atom stereocenters. The molecule has 0 saturated heterocycles. The molecule has 55 heavy (non-hydrogen) atoms. The second-order valence-electron chi connectivity index (χ2n) is 13.9. The minimum atomic E-state index is 1.07. The van der Waals surface area contributed by atoms with E-state index in [4.69, 9.17) is 4.98 Å². The minimum absolute atomic E-state index is 1.07. The predicted octanol–water partition coefficient (Wildman–Crippen LogP) is 16.2. The fraction of sp³-hybridized carbons (Fsp3) is 0. The van der Waals surface area contributed by atoms with Crippen molar-refractivity contribution >= 4 is 133 Å². The van der Waals surface area contributed by atoms with Crippen LogP contribution in [0.15, 0.2) is 170 Å². The van der Waals surface area contributed by atoms with Crippen molar-refractivity contribution < 1.29 is 0 Å². The predicted molar refractivity (Wildman–Crippen MR) is 244 cm³/mol. The number of anilines is 3. The van der Waals surface area contributed by atoms with Gasteiger partial charge >= 0.3 is 0 Å². The highest BCUT2D eigenvalue weighted by Gasteiger charge is 2.18. The van der Waals surface area contributed by atoms with Gasteiger partial charge in [0.15, 0.2) is 0 Å². The SMILES string of the molecule is c1ccc(-c2nc3c(ccc4sc5ccc(-c6ccc(N(c7ccc8sc9ccccc9c8c7)c7ccc8sc9ccccc9c8c7)cc6)cc5c43)s2)cc1. The van der Waals surface area contributed by atoms with Gasteiger partial charge in [-0.25, -0.2) is 4.98 Å². The van der Waals surface area contributed by atoms with Crippen LogP contribution in [-0.4, -0.2) is 4.98 Å². The van der Waals surface area contributed by atoms with Crippen LogP contribution < -0.4 is 4.90 Å². The van der Waals surface area contributed by atoms with Gasteiger partial charge in [0.2, 0.25) is 0 Å². The summed E-state index contributed by atoms with van der Waals surface area (Å²) in [4.78, 5) is 7.63. The Labute approximate surface area is 332 Å². The van der Waals surface area contributed by atoms with Gasteiger partial charge in [-0.1, -0.05) is 84.9 Å². The molecule has 0 aliphatic heterocycles. The van der Waals surface area contributed by atoms with Crippen molar-refractivity contribution in [1.29, 1.82) is 0 Å². The maximum atomic E-state index is 5.21. The maximum Gasteiger partial charge on any atom is 0.124 e. The summed E-state index contributed by atoms with van der Waals surface area (Å²) >= 11 is 7.34. The Morgan fingerprint density at radius 3 is 1.53 bits per heavy atom. The molecule has 258 valence electrons. The molecule has 0 aliphatic carbocycles. The number of thiophene rings is 3. The number of rotatable bonds is 5. The van der Waals surface area contributed by atoms with E-state index in [-0.39, 0.29) is 0 Å². The number of nitrogens with zero attached hydrogens (tertiary/aromatic N) is 2. The van der Waals surface area contributed by atoms with Crippen LogP contribution >= 0.6 is 45.3 Å². The molecule has 0 bridgehead atoms. The number of benzene rings is 8. The number of hydrogen-bond donors (Lipinski definition) is 0. The van der Waals surface area contributed by atoms with Gasteiger partial charge < -0.3 is 4.90 Å². The third-order valence-electron chi connectivity index (χ3n) is 10.7. The molecule has 12 aromatic rings. The highest BCUT2D eigenvalue weighted by molar-refractivity contribution is 7.27. The second kappa shape index (κ2) is 12.3. The lowest BCUT2D eigenvalue weighted by Gasteiger charge is -2.26. The van der Waals surface area contributed by atoms with E-state index in [0.29, 0.717) is 0 Å². The summed E-state index contributed by atoms with van der Waals surface area (Å²) in [5.74, 6) is 0. The third kappa shape index (κ3) is 5.06. The van der Waals surface area contributed by atoms with E-state index in [1.165, 1.54) is 81.9 Å². The van der Waals surface area contributed by atoms with Crippen LogP contribution in [0.3, 0.4) is 0 Å². The van der Waals surface area contributed by atoms with Gasteiger partial charge in [-0.2, -0.15) is 0 Å². The van der Waals surface area contributed by atoms with Crippen molar-refractivity contribution in [2.75, 3.05) is 4.90 Å². The molecule has 0 radical (unpaired) electrons. The second-order valence-corrected chi connectivity index (χ2v) is 18.2. The quantitative estimate of drug-likeness (QED) is 0.173. The molecule has 6 heteroatoms. The molecule has 0 spiro atoms. The van der Waals surface area contributed by atoms with Crippen LogP contribution in [0.25, 0.3) is 92.4 Å². The summed E-state index contributed by atoms with van der Waals surface area (Å²) in [6.45, 7) is 0. The summed E-state index contributed by atoms with van der Waals surface area (Å²) in [6, 6.07) is 62.4. The normalized spacial score (nSPS) is 12.0. The monoisotopic (exact) mass is 772 g/mol. The van der Waals surface area contributed by atoms with Crippen molar-refractivity contribution in [3.05, 3.63) is 170 Å². The number of hydrogen-bond acceptors (Lipinski definition) is 6. The molecule has 12 rings (SSSR count). The topological polar surface area (TPSA) is 16.1 Å². The summed E-state index contributed by atoms with van der Waals surface area (Å²) in [6.07, 6.45) is 0.